The number of ether oxygens (including phenoxy) is 1. The molecule has 0 unspecified atom stereocenters. The summed E-state index contributed by atoms with van der Waals surface area (Å²) in [6.45, 7) is 0. The molecule has 2 heterocycles. The smallest absolute Gasteiger partial charge is 0.313 e. The average Bonchev–Trinajstić information content (AvgIpc) is 2.40. The van der Waals surface area contributed by atoms with Crippen molar-refractivity contribution in [3.63, 3.8) is 0 Å². The molecule has 0 aliphatic carbocycles. The molecule has 0 aliphatic rings. The molecule has 0 saturated carbocycles. The van der Waals surface area contributed by atoms with Crippen molar-refractivity contribution in [2.24, 2.45) is 0 Å². The number of aromatic nitrogens is 3. The van der Waals surface area contributed by atoms with Gasteiger partial charge in [-0.2, -0.15) is 0 Å². The molecule has 0 bridgehead atoms. The molecule has 0 fully saturated rings. The zero-order chi connectivity index (χ0) is 12.1. The quantitative estimate of drug-likeness (QED) is 0.741. The van der Waals surface area contributed by atoms with Gasteiger partial charge in [-0.15, -0.1) is 0 Å². The fraction of sp³-hybridized carbons (Fsp3) is 0.167. The standard InChI is InChI=1S/C12H11N3O2/c1-17-12(16)8-11-14-7-5-10(15-11)9-4-2-3-6-13-9/h2-7H,8H2,1H3. The SMILES string of the molecule is COC(=O)Cc1nccc(-c2ccccn2)n1. The summed E-state index contributed by atoms with van der Waals surface area (Å²) in [6, 6.07) is 7.32. The van der Waals surface area contributed by atoms with Gasteiger partial charge in [0.25, 0.3) is 0 Å². The normalized spacial score (nSPS) is 9.94. The van der Waals surface area contributed by atoms with Crippen LogP contribution in [0.15, 0.2) is 36.7 Å². The minimum atomic E-state index is -0.358. The van der Waals surface area contributed by atoms with Crippen LogP contribution in [0.1, 0.15) is 5.82 Å². The van der Waals surface area contributed by atoms with Gasteiger partial charge in [0.05, 0.1) is 18.5 Å². The van der Waals surface area contributed by atoms with Crippen molar-refractivity contribution in [1.82, 2.24) is 15.0 Å². The number of carbonyl (C=O) groups excluding carboxylic acids is 1. The summed E-state index contributed by atoms with van der Waals surface area (Å²) >= 11 is 0. The Bertz CT molecular complexity index is 514. The number of esters is 1. The van der Waals surface area contributed by atoms with Crippen LogP contribution in [0.4, 0.5) is 0 Å². The molecule has 2 aromatic rings. The second-order valence-corrected chi connectivity index (χ2v) is 3.33. The van der Waals surface area contributed by atoms with Crippen molar-refractivity contribution >= 4 is 5.97 Å². The lowest BCUT2D eigenvalue weighted by Crippen LogP contribution is -2.08. The number of methoxy groups -OCH3 is 1. The molecule has 0 amide bonds. The molecule has 0 radical (unpaired) electrons. The first kappa shape index (κ1) is 11.2. The van der Waals surface area contributed by atoms with E-state index < -0.39 is 0 Å². The van der Waals surface area contributed by atoms with Crippen molar-refractivity contribution < 1.29 is 9.53 Å². The molecule has 0 spiro atoms. The van der Waals surface area contributed by atoms with E-state index in [9.17, 15) is 4.79 Å². The highest BCUT2D eigenvalue weighted by atomic mass is 16.5. The van der Waals surface area contributed by atoms with E-state index in [1.807, 2.05) is 18.2 Å². The minimum Gasteiger partial charge on any atom is -0.469 e. The van der Waals surface area contributed by atoms with Crippen molar-refractivity contribution in [3.8, 4) is 11.4 Å². The van der Waals surface area contributed by atoms with Crippen LogP contribution in [0.2, 0.25) is 0 Å². The summed E-state index contributed by atoms with van der Waals surface area (Å²) in [4.78, 5) is 23.6. The number of rotatable bonds is 3. The first-order valence-corrected chi connectivity index (χ1v) is 5.10. The molecule has 2 rings (SSSR count). The summed E-state index contributed by atoms with van der Waals surface area (Å²) in [6.07, 6.45) is 3.36. The van der Waals surface area contributed by atoms with Crippen LogP contribution in [-0.2, 0) is 16.0 Å². The van der Waals surface area contributed by atoms with Crippen LogP contribution >= 0.6 is 0 Å². The van der Waals surface area contributed by atoms with Gasteiger partial charge in [-0.25, -0.2) is 9.97 Å². The van der Waals surface area contributed by atoms with E-state index in [0.717, 1.165) is 5.69 Å². The number of hydrogen-bond acceptors (Lipinski definition) is 5. The maximum Gasteiger partial charge on any atom is 0.313 e. The summed E-state index contributed by atoms with van der Waals surface area (Å²) in [5, 5.41) is 0. The summed E-state index contributed by atoms with van der Waals surface area (Å²) < 4.78 is 4.57. The van der Waals surface area contributed by atoms with Gasteiger partial charge in [-0.05, 0) is 18.2 Å². The molecule has 0 saturated heterocycles. The number of pyridine rings is 1. The number of carbonyl (C=O) groups is 1. The minimum absolute atomic E-state index is 0.0666. The van der Waals surface area contributed by atoms with Crippen LogP contribution < -0.4 is 0 Å². The van der Waals surface area contributed by atoms with Crippen molar-refractivity contribution in [2.75, 3.05) is 7.11 Å². The molecule has 0 atom stereocenters. The van der Waals surface area contributed by atoms with Crippen molar-refractivity contribution in [3.05, 3.63) is 42.5 Å². The van der Waals surface area contributed by atoms with E-state index in [2.05, 4.69) is 19.7 Å². The van der Waals surface area contributed by atoms with Crippen LogP contribution in [0.5, 0.6) is 0 Å². The first-order chi connectivity index (χ1) is 8.29. The van der Waals surface area contributed by atoms with Crippen LogP contribution in [0.25, 0.3) is 11.4 Å². The second kappa shape index (κ2) is 5.16. The van der Waals surface area contributed by atoms with Crippen molar-refractivity contribution in [1.29, 1.82) is 0 Å². The van der Waals surface area contributed by atoms with Gasteiger partial charge in [0, 0.05) is 12.4 Å². The molecule has 5 heteroatoms. The Kier molecular flexibility index (Phi) is 3.40. The molecule has 86 valence electrons. The Hall–Kier alpha value is -2.30. The molecule has 0 aromatic carbocycles. The monoisotopic (exact) mass is 229 g/mol. The van der Waals surface area contributed by atoms with Crippen molar-refractivity contribution in [2.45, 2.75) is 6.42 Å². The Morgan fingerprint density at radius 3 is 2.76 bits per heavy atom. The van der Waals surface area contributed by atoms with Gasteiger partial charge in [-0.1, -0.05) is 6.07 Å². The zero-order valence-corrected chi connectivity index (χ0v) is 9.33. The van der Waals surface area contributed by atoms with E-state index in [-0.39, 0.29) is 12.4 Å². The number of hydrogen-bond donors (Lipinski definition) is 0. The molecule has 2 aromatic heterocycles. The summed E-state index contributed by atoms with van der Waals surface area (Å²) in [7, 11) is 1.34. The maximum atomic E-state index is 11.1. The fourth-order valence-corrected chi connectivity index (χ4v) is 1.34. The van der Waals surface area contributed by atoms with E-state index >= 15 is 0 Å². The first-order valence-electron chi connectivity index (χ1n) is 5.10. The Morgan fingerprint density at radius 2 is 2.06 bits per heavy atom. The van der Waals surface area contributed by atoms with Gasteiger partial charge in [-0.3, -0.25) is 9.78 Å². The van der Waals surface area contributed by atoms with Crippen LogP contribution in [0, 0.1) is 0 Å². The van der Waals surface area contributed by atoms with E-state index in [0.29, 0.717) is 11.5 Å². The third-order valence-electron chi connectivity index (χ3n) is 2.16. The van der Waals surface area contributed by atoms with E-state index in [1.165, 1.54) is 7.11 Å². The highest BCUT2D eigenvalue weighted by molar-refractivity contribution is 5.71. The lowest BCUT2D eigenvalue weighted by Gasteiger charge is -2.02. The van der Waals surface area contributed by atoms with E-state index in [4.69, 9.17) is 0 Å². The third-order valence-corrected chi connectivity index (χ3v) is 2.16. The lowest BCUT2D eigenvalue weighted by molar-refractivity contribution is -0.139. The summed E-state index contributed by atoms with van der Waals surface area (Å²) in [5.41, 5.74) is 1.44. The zero-order valence-electron chi connectivity index (χ0n) is 9.33. The second-order valence-electron chi connectivity index (χ2n) is 3.33. The van der Waals surface area contributed by atoms with Gasteiger partial charge >= 0.3 is 5.97 Å². The van der Waals surface area contributed by atoms with Gasteiger partial charge in [0.1, 0.15) is 12.2 Å². The average molecular weight is 229 g/mol. The molecular weight excluding hydrogens is 218 g/mol. The van der Waals surface area contributed by atoms with Crippen LogP contribution in [0.3, 0.4) is 0 Å². The lowest BCUT2D eigenvalue weighted by atomic mass is 10.2. The Morgan fingerprint density at radius 1 is 1.18 bits per heavy atom. The third kappa shape index (κ3) is 2.84. The highest BCUT2D eigenvalue weighted by Crippen LogP contribution is 2.12. The Balaban J connectivity index is 2.26. The predicted octanol–water partition coefficient (Wildman–Crippen LogP) is 1.25. The highest BCUT2D eigenvalue weighted by Gasteiger charge is 2.07. The van der Waals surface area contributed by atoms with Gasteiger partial charge in [0.15, 0.2) is 0 Å². The molecular formula is C12H11N3O2. The largest absolute Gasteiger partial charge is 0.469 e. The Labute approximate surface area is 98.5 Å². The van der Waals surface area contributed by atoms with Gasteiger partial charge < -0.3 is 4.74 Å². The van der Waals surface area contributed by atoms with Crippen LogP contribution in [-0.4, -0.2) is 28.0 Å². The predicted molar refractivity (Wildman–Crippen MR) is 61.0 cm³/mol. The summed E-state index contributed by atoms with van der Waals surface area (Å²) in [5.74, 6) is 0.0724. The number of nitrogens with zero attached hydrogens (tertiary/aromatic N) is 3. The topological polar surface area (TPSA) is 65.0 Å². The molecule has 0 aliphatic heterocycles. The molecule has 5 nitrogen and oxygen atoms in total. The molecule has 17 heavy (non-hydrogen) atoms. The molecule has 0 N–H and O–H groups in total. The van der Waals surface area contributed by atoms with Gasteiger partial charge in [0.2, 0.25) is 0 Å². The van der Waals surface area contributed by atoms with E-state index in [1.54, 1.807) is 18.5 Å². The fourth-order valence-electron chi connectivity index (χ4n) is 1.34. The maximum absolute atomic E-state index is 11.1.